The Kier molecular flexibility index (Phi) is 5.13. The standard InChI is InChI=1S/C22H14F3N5O/c23-22(24,25)19(16-8-1-3-10-27-16)29-21(31)18-17-9-2-4-11-30(17)20(28-18)15-7-5-6-14(12-15)13-26/h1-12,19H,(H,29,31)/p+2. The predicted octanol–water partition coefficient (Wildman–Crippen LogP) is 3.14. The van der Waals surface area contributed by atoms with Crippen molar-refractivity contribution in [2.24, 2.45) is 0 Å². The Morgan fingerprint density at radius 1 is 1.13 bits per heavy atom. The molecule has 0 spiro atoms. The van der Waals surface area contributed by atoms with Crippen LogP contribution in [0.4, 0.5) is 13.2 Å². The molecule has 1 aromatic carbocycles. The van der Waals surface area contributed by atoms with E-state index in [1.807, 2.05) is 6.07 Å². The van der Waals surface area contributed by atoms with Crippen molar-refractivity contribution >= 4 is 11.4 Å². The van der Waals surface area contributed by atoms with Gasteiger partial charge >= 0.3 is 6.18 Å². The maximum Gasteiger partial charge on any atom is 0.418 e. The smallest absolute Gasteiger partial charge is 0.328 e. The zero-order chi connectivity index (χ0) is 22.0. The van der Waals surface area contributed by atoms with E-state index in [9.17, 15) is 18.0 Å². The van der Waals surface area contributed by atoms with E-state index >= 15 is 0 Å². The van der Waals surface area contributed by atoms with Gasteiger partial charge in [-0.1, -0.05) is 18.2 Å². The first-order valence-corrected chi connectivity index (χ1v) is 9.25. The van der Waals surface area contributed by atoms with E-state index in [-0.39, 0.29) is 11.4 Å². The largest absolute Gasteiger partial charge is 0.418 e. The van der Waals surface area contributed by atoms with Crippen molar-refractivity contribution in [2.45, 2.75) is 12.2 Å². The highest BCUT2D eigenvalue weighted by molar-refractivity contribution is 5.98. The Bertz CT molecular complexity index is 1290. The van der Waals surface area contributed by atoms with Crippen molar-refractivity contribution in [3.63, 3.8) is 0 Å². The zero-order valence-corrected chi connectivity index (χ0v) is 15.9. The number of nitrogens with zero attached hydrogens (tertiary/aromatic N) is 2. The maximum atomic E-state index is 13.7. The molecule has 0 saturated heterocycles. The van der Waals surface area contributed by atoms with Gasteiger partial charge in [0, 0.05) is 12.1 Å². The maximum absolute atomic E-state index is 13.7. The highest BCUT2D eigenvalue weighted by Crippen LogP contribution is 2.31. The number of benzene rings is 1. The molecule has 154 valence electrons. The summed E-state index contributed by atoms with van der Waals surface area (Å²) in [6.45, 7) is 0. The van der Waals surface area contributed by atoms with Crippen LogP contribution in [0.5, 0.6) is 0 Å². The quantitative estimate of drug-likeness (QED) is 0.494. The predicted molar refractivity (Wildman–Crippen MR) is 103 cm³/mol. The van der Waals surface area contributed by atoms with Crippen LogP contribution >= 0.6 is 0 Å². The van der Waals surface area contributed by atoms with Gasteiger partial charge in [-0.25, -0.2) is 9.97 Å². The van der Waals surface area contributed by atoms with Crippen molar-refractivity contribution in [2.75, 3.05) is 0 Å². The molecular formula is C22H16F3N5O+2. The van der Waals surface area contributed by atoms with Gasteiger partial charge in [-0.2, -0.15) is 22.8 Å². The fourth-order valence-electron chi connectivity index (χ4n) is 3.33. The van der Waals surface area contributed by atoms with E-state index in [1.54, 1.807) is 59.1 Å². The van der Waals surface area contributed by atoms with E-state index in [1.165, 1.54) is 18.3 Å². The van der Waals surface area contributed by atoms with E-state index in [0.29, 0.717) is 22.5 Å². The van der Waals surface area contributed by atoms with Crippen molar-refractivity contribution in [3.05, 3.63) is 90.0 Å². The van der Waals surface area contributed by atoms with E-state index in [0.717, 1.165) is 0 Å². The summed E-state index contributed by atoms with van der Waals surface area (Å²) in [4.78, 5) is 18.4. The Labute approximate surface area is 174 Å². The minimum absolute atomic E-state index is 0.0249. The van der Waals surface area contributed by atoms with Gasteiger partial charge in [0.15, 0.2) is 11.7 Å². The molecule has 0 aliphatic carbocycles. The number of alkyl halides is 3. The first-order chi connectivity index (χ1) is 14.9. The highest BCUT2D eigenvalue weighted by Gasteiger charge is 2.46. The van der Waals surface area contributed by atoms with Gasteiger partial charge in [0.05, 0.1) is 23.4 Å². The van der Waals surface area contributed by atoms with E-state index in [4.69, 9.17) is 5.26 Å². The summed E-state index contributed by atoms with van der Waals surface area (Å²) in [6.07, 6.45) is -1.66. The zero-order valence-electron chi connectivity index (χ0n) is 15.9. The minimum atomic E-state index is -4.70. The van der Waals surface area contributed by atoms with Gasteiger partial charge in [-0.3, -0.25) is 4.79 Å². The molecule has 4 aromatic rings. The average Bonchev–Trinajstić information content (AvgIpc) is 3.17. The molecule has 31 heavy (non-hydrogen) atoms. The lowest BCUT2D eigenvalue weighted by atomic mass is 10.1. The van der Waals surface area contributed by atoms with Gasteiger partial charge in [0.2, 0.25) is 17.4 Å². The van der Waals surface area contributed by atoms with Crippen LogP contribution in [0.25, 0.3) is 16.9 Å². The number of aromatic nitrogens is 3. The average molecular weight is 423 g/mol. The second kappa shape index (κ2) is 7.91. The summed E-state index contributed by atoms with van der Waals surface area (Å²) in [7, 11) is 0. The Morgan fingerprint density at radius 2 is 1.94 bits per heavy atom. The molecule has 6 nitrogen and oxygen atoms in total. The number of hydrogen-bond acceptors (Lipinski definition) is 2. The van der Waals surface area contributed by atoms with Gasteiger partial charge in [-0.15, -0.1) is 0 Å². The van der Waals surface area contributed by atoms with E-state index in [2.05, 4.69) is 15.3 Å². The number of carbonyl (C=O) groups is 1. The highest BCUT2D eigenvalue weighted by atomic mass is 19.4. The topological polar surface area (TPSA) is 86.9 Å². The molecule has 3 heterocycles. The van der Waals surface area contributed by atoms with Crippen LogP contribution in [0, 0.1) is 11.3 Å². The molecule has 1 atom stereocenters. The van der Waals surface area contributed by atoms with Crippen molar-refractivity contribution in [3.8, 4) is 17.5 Å². The molecule has 0 radical (unpaired) electrons. The number of pyridine rings is 2. The number of amides is 1. The third-order valence-electron chi connectivity index (χ3n) is 4.74. The lowest BCUT2D eigenvalue weighted by Crippen LogP contribution is -2.41. The number of fused-ring (bicyclic) bond motifs is 1. The van der Waals surface area contributed by atoms with E-state index < -0.39 is 18.1 Å². The molecule has 4 rings (SSSR count). The van der Waals surface area contributed by atoms with Crippen LogP contribution in [0.3, 0.4) is 0 Å². The molecule has 0 aliphatic heterocycles. The summed E-state index contributed by atoms with van der Waals surface area (Å²) in [5, 5.41) is 11.2. The number of rotatable bonds is 4. The van der Waals surface area contributed by atoms with Crippen LogP contribution in [-0.4, -0.2) is 17.1 Å². The van der Waals surface area contributed by atoms with Crippen molar-refractivity contribution in [1.82, 2.24) is 10.3 Å². The Balaban J connectivity index is 1.77. The van der Waals surface area contributed by atoms with Crippen LogP contribution in [0.15, 0.2) is 73.1 Å². The summed E-state index contributed by atoms with van der Waals surface area (Å²) in [6, 6.07) is 15.8. The summed E-state index contributed by atoms with van der Waals surface area (Å²) in [5.41, 5.74) is 1.22. The number of nitriles is 1. The lowest BCUT2D eigenvalue weighted by molar-refractivity contribution is -0.498. The van der Waals surface area contributed by atoms with Gasteiger partial charge in [0.25, 0.3) is 11.7 Å². The molecule has 0 saturated carbocycles. The normalized spacial score (nSPS) is 12.3. The Hall–Kier alpha value is -4.19. The third-order valence-corrected chi connectivity index (χ3v) is 4.74. The monoisotopic (exact) mass is 423 g/mol. The number of nitrogens with one attached hydrogen (secondary N) is 3. The molecule has 0 aliphatic rings. The summed E-state index contributed by atoms with van der Waals surface area (Å²) in [5.74, 6) is -0.446. The van der Waals surface area contributed by atoms with Gasteiger partial charge < -0.3 is 5.32 Å². The molecule has 0 bridgehead atoms. The summed E-state index contributed by atoms with van der Waals surface area (Å²) >= 11 is 0. The van der Waals surface area contributed by atoms with Gasteiger partial charge in [0.1, 0.15) is 0 Å². The molecular weight excluding hydrogens is 407 g/mol. The number of carbonyl (C=O) groups excluding carboxylic acids is 1. The molecule has 1 amide bonds. The van der Waals surface area contributed by atoms with Crippen LogP contribution in [0.2, 0.25) is 0 Å². The number of aromatic amines is 2. The van der Waals surface area contributed by atoms with Crippen LogP contribution in [-0.2, 0) is 0 Å². The summed E-state index contributed by atoms with van der Waals surface area (Å²) < 4.78 is 42.7. The fraction of sp³-hybridized carbons (Fsp3) is 0.0909. The molecule has 3 N–H and O–H groups in total. The SMILES string of the molecule is N#Cc1cccc(-c2[nH]c(C(=O)NC(c3cccc[nH+]3)C(F)(F)F)c3cccc[n+]23)c1. The second-order valence-corrected chi connectivity index (χ2v) is 6.76. The lowest BCUT2D eigenvalue weighted by Gasteiger charge is -2.17. The number of imidazole rings is 1. The fourth-order valence-corrected chi connectivity index (χ4v) is 3.33. The number of H-pyrrole nitrogens is 2. The first kappa shape index (κ1) is 20.1. The minimum Gasteiger partial charge on any atom is -0.328 e. The van der Waals surface area contributed by atoms with Crippen LogP contribution in [0.1, 0.15) is 27.8 Å². The second-order valence-electron chi connectivity index (χ2n) is 6.76. The van der Waals surface area contributed by atoms with Crippen molar-refractivity contribution in [1.29, 1.82) is 5.26 Å². The molecule has 0 fully saturated rings. The molecule has 3 aromatic heterocycles. The number of halogens is 3. The molecule has 9 heteroatoms. The number of hydrogen-bond donors (Lipinski definition) is 2. The Morgan fingerprint density at radius 3 is 2.65 bits per heavy atom. The van der Waals surface area contributed by atoms with Crippen LogP contribution < -0.4 is 14.7 Å². The first-order valence-electron chi connectivity index (χ1n) is 9.25. The van der Waals surface area contributed by atoms with Crippen molar-refractivity contribution < 1.29 is 27.4 Å². The third kappa shape index (κ3) is 3.96. The molecule has 1 unspecified atom stereocenters. The van der Waals surface area contributed by atoms with Gasteiger partial charge in [-0.05, 0) is 30.3 Å².